The highest BCUT2D eigenvalue weighted by Gasteiger charge is 2.26. The maximum absolute atomic E-state index is 12.6. The van der Waals surface area contributed by atoms with E-state index in [0.29, 0.717) is 18.8 Å². The summed E-state index contributed by atoms with van der Waals surface area (Å²) in [5.74, 6) is 0.919. The lowest BCUT2D eigenvalue weighted by molar-refractivity contribution is -0.133. The summed E-state index contributed by atoms with van der Waals surface area (Å²) < 4.78 is 1.42. The molecule has 1 amide bonds. The summed E-state index contributed by atoms with van der Waals surface area (Å²) in [4.78, 5) is 34.4. The van der Waals surface area contributed by atoms with Gasteiger partial charge in [0.15, 0.2) is 0 Å². The molecule has 3 heterocycles. The Balaban J connectivity index is 1.72. The lowest BCUT2D eigenvalue weighted by atomic mass is 9.97. The third-order valence-corrected chi connectivity index (χ3v) is 4.23. The smallest absolute Gasteiger partial charge is 0.340 e. The number of aryl methyl sites for hydroxylation is 2. The largest absolute Gasteiger partial charge is 0.348 e. The van der Waals surface area contributed by atoms with Crippen LogP contribution in [0.3, 0.4) is 0 Å². The molecule has 0 bridgehead atoms. The van der Waals surface area contributed by atoms with E-state index in [1.54, 1.807) is 11.8 Å². The van der Waals surface area contributed by atoms with E-state index in [1.807, 2.05) is 13.0 Å². The predicted molar refractivity (Wildman–Crippen MR) is 82.9 cm³/mol. The number of piperidine rings is 1. The molecule has 8 heteroatoms. The normalized spacial score (nSPS) is 18.2. The van der Waals surface area contributed by atoms with E-state index in [1.165, 1.54) is 10.9 Å². The van der Waals surface area contributed by atoms with Gasteiger partial charge in [-0.2, -0.15) is 10.1 Å². The number of carbonyl (C=O) groups excluding carboxylic acids is 1. The van der Waals surface area contributed by atoms with Crippen molar-refractivity contribution in [1.82, 2.24) is 29.6 Å². The van der Waals surface area contributed by atoms with Crippen LogP contribution in [-0.4, -0.2) is 48.6 Å². The topological polar surface area (TPSA) is 96.8 Å². The zero-order valence-electron chi connectivity index (χ0n) is 13.3. The number of H-pyrrole nitrogens is 1. The molecule has 1 unspecified atom stereocenters. The van der Waals surface area contributed by atoms with E-state index in [9.17, 15) is 9.59 Å². The lowest BCUT2D eigenvalue weighted by Crippen LogP contribution is -2.43. The van der Waals surface area contributed by atoms with Crippen LogP contribution < -0.4 is 5.69 Å². The molecule has 122 valence electrons. The van der Waals surface area contributed by atoms with Crippen molar-refractivity contribution < 1.29 is 4.79 Å². The minimum Gasteiger partial charge on any atom is -0.340 e. The van der Waals surface area contributed by atoms with E-state index >= 15 is 0 Å². The standard InChI is InChI=1S/C15H20N6O2/c1-10-6-11(2)21(15(23)18-10)8-13(22)20-5-3-4-12(7-20)14-16-9-17-19-14/h6,9,12H,3-5,7-8H2,1-2H3,(H,16,17,19). The average Bonchev–Trinajstić information content (AvgIpc) is 3.05. The van der Waals surface area contributed by atoms with Crippen LogP contribution in [0, 0.1) is 13.8 Å². The molecule has 0 radical (unpaired) electrons. The zero-order chi connectivity index (χ0) is 16.4. The monoisotopic (exact) mass is 316 g/mol. The average molecular weight is 316 g/mol. The maximum Gasteiger partial charge on any atom is 0.348 e. The Morgan fingerprint density at radius 2 is 2.26 bits per heavy atom. The van der Waals surface area contributed by atoms with Gasteiger partial charge in [-0.1, -0.05) is 0 Å². The highest BCUT2D eigenvalue weighted by Crippen LogP contribution is 2.24. The Bertz CT molecular complexity index is 752. The van der Waals surface area contributed by atoms with Crippen LogP contribution >= 0.6 is 0 Å². The third-order valence-electron chi connectivity index (χ3n) is 4.23. The summed E-state index contributed by atoms with van der Waals surface area (Å²) in [5.41, 5.74) is 1.04. The van der Waals surface area contributed by atoms with Crippen molar-refractivity contribution in [2.75, 3.05) is 13.1 Å². The molecule has 1 fully saturated rings. The molecule has 8 nitrogen and oxygen atoms in total. The number of hydrogen-bond donors (Lipinski definition) is 1. The van der Waals surface area contributed by atoms with Crippen LogP contribution in [0.25, 0.3) is 0 Å². The Kier molecular flexibility index (Phi) is 4.22. The summed E-state index contributed by atoms with van der Waals surface area (Å²) in [5, 5.41) is 6.75. The fraction of sp³-hybridized carbons (Fsp3) is 0.533. The number of hydrogen-bond acceptors (Lipinski definition) is 5. The molecular formula is C15H20N6O2. The van der Waals surface area contributed by atoms with E-state index in [4.69, 9.17) is 0 Å². The lowest BCUT2D eigenvalue weighted by Gasteiger charge is -2.32. The molecule has 1 aliphatic rings. The summed E-state index contributed by atoms with van der Waals surface area (Å²) in [7, 11) is 0. The molecule has 1 N–H and O–H groups in total. The zero-order valence-corrected chi connectivity index (χ0v) is 13.3. The van der Waals surface area contributed by atoms with Gasteiger partial charge in [-0.05, 0) is 32.8 Å². The van der Waals surface area contributed by atoms with Crippen molar-refractivity contribution in [2.24, 2.45) is 0 Å². The first-order valence-electron chi connectivity index (χ1n) is 7.72. The van der Waals surface area contributed by atoms with Crippen molar-refractivity contribution in [1.29, 1.82) is 0 Å². The summed E-state index contributed by atoms with van der Waals surface area (Å²) in [6.45, 7) is 4.92. The van der Waals surface area contributed by atoms with Gasteiger partial charge >= 0.3 is 5.69 Å². The highest BCUT2D eigenvalue weighted by atomic mass is 16.2. The summed E-state index contributed by atoms with van der Waals surface area (Å²) in [6.07, 6.45) is 3.37. The molecule has 3 rings (SSSR count). The number of carbonyl (C=O) groups is 1. The molecule has 0 spiro atoms. The first-order valence-corrected chi connectivity index (χ1v) is 7.72. The van der Waals surface area contributed by atoms with Gasteiger partial charge in [-0.25, -0.2) is 9.78 Å². The molecule has 2 aromatic heterocycles. The van der Waals surface area contributed by atoms with Gasteiger partial charge in [-0.3, -0.25) is 14.5 Å². The molecule has 1 saturated heterocycles. The number of likely N-dealkylation sites (tertiary alicyclic amines) is 1. The second kappa shape index (κ2) is 6.31. The molecular weight excluding hydrogens is 296 g/mol. The SMILES string of the molecule is Cc1cc(C)n(CC(=O)N2CCCC(c3ncn[nH]3)C2)c(=O)n1. The van der Waals surface area contributed by atoms with Crippen molar-refractivity contribution in [3.63, 3.8) is 0 Å². The van der Waals surface area contributed by atoms with E-state index in [2.05, 4.69) is 20.2 Å². The quantitative estimate of drug-likeness (QED) is 0.883. The second-order valence-electron chi connectivity index (χ2n) is 5.96. The van der Waals surface area contributed by atoms with Crippen molar-refractivity contribution >= 4 is 5.91 Å². The van der Waals surface area contributed by atoms with Crippen LogP contribution in [0.15, 0.2) is 17.2 Å². The Morgan fingerprint density at radius 3 is 2.96 bits per heavy atom. The minimum atomic E-state index is -0.375. The highest BCUT2D eigenvalue weighted by molar-refractivity contribution is 5.76. The molecule has 2 aromatic rings. The van der Waals surface area contributed by atoms with Gasteiger partial charge < -0.3 is 4.90 Å². The third kappa shape index (κ3) is 3.30. The van der Waals surface area contributed by atoms with Crippen LogP contribution in [-0.2, 0) is 11.3 Å². The molecule has 1 aliphatic heterocycles. The van der Waals surface area contributed by atoms with Gasteiger partial charge in [0.25, 0.3) is 0 Å². The first kappa shape index (κ1) is 15.4. The summed E-state index contributed by atoms with van der Waals surface area (Å²) >= 11 is 0. The van der Waals surface area contributed by atoms with Crippen molar-refractivity contribution in [3.8, 4) is 0 Å². The number of amides is 1. The Hall–Kier alpha value is -2.51. The van der Waals surface area contributed by atoms with Gasteiger partial charge in [0.05, 0.1) is 0 Å². The number of aromatic amines is 1. The minimum absolute atomic E-state index is 0.0288. The van der Waals surface area contributed by atoms with Crippen molar-refractivity contribution in [2.45, 2.75) is 39.2 Å². The van der Waals surface area contributed by atoms with Crippen LogP contribution in [0.4, 0.5) is 0 Å². The van der Waals surface area contributed by atoms with Gasteiger partial charge in [0, 0.05) is 30.4 Å². The fourth-order valence-electron chi connectivity index (χ4n) is 3.04. The first-order chi connectivity index (χ1) is 11.0. The van der Waals surface area contributed by atoms with Crippen LogP contribution in [0.1, 0.15) is 36.0 Å². The predicted octanol–water partition coefficient (Wildman–Crippen LogP) is 0.384. The Morgan fingerprint density at radius 1 is 1.43 bits per heavy atom. The van der Waals surface area contributed by atoms with Crippen molar-refractivity contribution in [3.05, 3.63) is 40.1 Å². The number of nitrogens with zero attached hydrogens (tertiary/aromatic N) is 5. The molecule has 23 heavy (non-hydrogen) atoms. The van der Waals surface area contributed by atoms with E-state index in [-0.39, 0.29) is 24.1 Å². The van der Waals surface area contributed by atoms with Crippen LogP contribution in [0.2, 0.25) is 0 Å². The van der Waals surface area contributed by atoms with E-state index in [0.717, 1.165) is 24.4 Å². The van der Waals surface area contributed by atoms with Gasteiger partial charge in [0.2, 0.25) is 5.91 Å². The number of rotatable bonds is 3. The molecule has 1 atom stereocenters. The number of nitrogens with one attached hydrogen (secondary N) is 1. The Labute approximate surface area is 133 Å². The van der Waals surface area contributed by atoms with Gasteiger partial charge in [-0.15, -0.1) is 0 Å². The fourth-order valence-corrected chi connectivity index (χ4v) is 3.04. The molecule has 0 aromatic carbocycles. The maximum atomic E-state index is 12.6. The van der Waals surface area contributed by atoms with E-state index < -0.39 is 0 Å². The van der Waals surface area contributed by atoms with Gasteiger partial charge in [0.1, 0.15) is 18.7 Å². The summed E-state index contributed by atoms with van der Waals surface area (Å²) in [6, 6.07) is 1.81. The van der Waals surface area contributed by atoms with Crippen LogP contribution in [0.5, 0.6) is 0 Å². The molecule has 0 saturated carbocycles. The molecule has 0 aliphatic carbocycles. The second-order valence-corrected chi connectivity index (χ2v) is 5.96. The number of aromatic nitrogens is 5.